The molecule has 2 rings (SSSR count). The highest BCUT2D eigenvalue weighted by Crippen LogP contribution is 2.28. The molecule has 1 aliphatic heterocycles. The highest BCUT2D eigenvalue weighted by Gasteiger charge is 2.16. The van der Waals surface area contributed by atoms with Crippen molar-refractivity contribution in [3.8, 4) is 11.5 Å². The lowest BCUT2D eigenvalue weighted by Gasteiger charge is -2.31. The van der Waals surface area contributed by atoms with Crippen LogP contribution in [0.2, 0.25) is 0 Å². The van der Waals surface area contributed by atoms with Gasteiger partial charge >= 0.3 is 0 Å². The number of benzene rings is 1. The number of hydrogen-bond donors (Lipinski definition) is 1. The molecule has 1 saturated heterocycles. The Morgan fingerprint density at radius 1 is 1.33 bits per heavy atom. The molecule has 0 aliphatic carbocycles. The minimum absolute atomic E-state index is 0. The van der Waals surface area contributed by atoms with Crippen molar-refractivity contribution in [1.29, 1.82) is 0 Å². The van der Waals surface area contributed by atoms with Gasteiger partial charge in [0.25, 0.3) is 0 Å². The Morgan fingerprint density at radius 3 is 2.81 bits per heavy atom. The third-order valence-electron chi connectivity index (χ3n) is 3.55. The van der Waals surface area contributed by atoms with Gasteiger partial charge in [0.2, 0.25) is 0 Å². The number of nitrogens with one attached hydrogen (secondary N) is 1. The van der Waals surface area contributed by atoms with E-state index in [-0.39, 0.29) is 12.4 Å². The van der Waals surface area contributed by atoms with Crippen molar-refractivity contribution in [3.63, 3.8) is 0 Å². The highest BCUT2D eigenvalue weighted by molar-refractivity contribution is 5.85. The molecule has 4 nitrogen and oxygen atoms in total. The summed E-state index contributed by atoms with van der Waals surface area (Å²) in [5, 5.41) is 3.47. The van der Waals surface area contributed by atoms with Crippen molar-refractivity contribution in [2.75, 3.05) is 33.4 Å². The van der Waals surface area contributed by atoms with Crippen LogP contribution in [0.25, 0.3) is 0 Å². The van der Waals surface area contributed by atoms with Crippen molar-refractivity contribution >= 4 is 12.4 Å². The molecule has 120 valence electrons. The average molecular weight is 315 g/mol. The molecule has 1 atom stereocenters. The molecule has 0 unspecified atom stereocenters. The molecule has 1 N–H and O–H groups in total. The van der Waals surface area contributed by atoms with E-state index in [4.69, 9.17) is 9.47 Å². The van der Waals surface area contributed by atoms with Crippen molar-refractivity contribution < 1.29 is 9.47 Å². The summed E-state index contributed by atoms with van der Waals surface area (Å²) in [5.74, 6) is 1.67. The first-order valence-electron chi connectivity index (χ1n) is 7.48. The summed E-state index contributed by atoms with van der Waals surface area (Å²) < 4.78 is 11.1. The monoisotopic (exact) mass is 314 g/mol. The standard InChI is InChI=1S/C16H26N2O2.ClH/c1-4-9-20-15-6-5-14(10-16(15)19-3)12-18-8-7-17-13(2)11-18;/h5-6,10,13,17H,4,7-9,11-12H2,1-3H3;1H/t13-;/m1./s1. The molecule has 0 radical (unpaired) electrons. The maximum absolute atomic E-state index is 5.69. The van der Waals surface area contributed by atoms with E-state index in [0.29, 0.717) is 6.04 Å². The lowest BCUT2D eigenvalue weighted by Crippen LogP contribution is -2.48. The van der Waals surface area contributed by atoms with Gasteiger partial charge in [-0.05, 0) is 31.0 Å². The van der Waals surface area contributed by atoms with Gasteiger partial charge < -0.3 is 14.8 Å². The lowest BCUT2D eigenvalue weighted by molar-refractivity contribution is 0.199. The topological polar surface area (TPSA) is 33.7 Å². The van der Waals surface area contributed by atoms with Crippen LogP contribution in [0.5, 0.6) is 11.5 Å². The zero-order valence-electron chi connectivity index (χ0n) is 13.2. The maximum Gasteiger partial charge on any atom is 0.161 e. The Kier molecular flexibility index (Phi) is 7.86. The van der Waals surface area contributed by atoms with Gasteiger partial charge in [0.05, 0.1) is 13.7 Å². The Morgan fingerprint density at radius 2 is 2.14 bits per heavy atom. The van der Waals surface area contributed by atoms with Crippen LogP contribution in [-0.2, 0) is 6.54 Å². The van der Waals surface area contributed by atoms with Crippen molar-refractivity contribution in [1.82, 2.24) is 10.2 Å². The van der Waals surface area contributed by atoms with Crippen LogP contribution < -0.4 is 14.8 Å². The van der Waals surface area contributed by atoms with Crippen molar-refractivity contribution in [2.24, 2.45) is 0 Å². The van der Waals surface area contributed by atoms with E-state index in [0.717, 1.165) is 50.7 Å². The van der Waals surface area contributed by atoms with E-state index in [1.54, 1.807) is 7.11 Å². The fourth-order valence-corrected chi connectivity index (χ4v) is 2.56. The molecule has 0 spiro atoms. The van der Waals surface area contributed by atoms with E-state index in [2.05, 4.69) is 36.2 Å². The largest absolute Gasteiger partial charge is 0.493 e. The number of methoxy groups -OCH3 is 1. The summed E-state index contributed by atoms with van der Waals surface area (Å²) in [5.41, 5.74) is 1.28. The normalized spacial score (nSPS) is 18.9. The molecule has 0 saturated carbocycles. The van der Waals surface area contributed by atoms with Gasteiger partial charge in [0.1, 0.15) is 0 Å². The second kappa shape index (κ2) is 9.13. The van der Waals surface area contributed by atoms with E-state index in [1.807, 2.05) is 6.07 Å². The van der Waals surface area contributed by atoms with Crippen molar-refractivity contribution in [3.05, 3.63) is 23.8 Å². The summed E-state index contributed by atoms with van der Waals surface area (Å²) in [4.78, 5) is 2.47. The molecular weight excluding hydrogens is 288 g/mol. The Hall–Kier alpha value is -0.970. The third-order valence-corrected chi connectivity index (χ3v) is 3.55. The van der Waals surface area contributed by atoms with Gasteiger partial charge in [0, 0.05) is 32.2 Å². The van der Waals surface area contributed by atoms with E-state index in [1.165, 1.54) is 5.56 Å². The molecule has 0 amide bonds. The van der Waals surface area contributed by atoms with Crippen LogP contribution in [0.3, 0.4) is 0 Å². The first kappa shape index (κ1) is 18.1. The molecule has 21 heavy (non-hydrogen) atoms. The van der Waals surface area contributed by atoms with Gasteiger partial charge in [-0.3, -0.25) is 4.90 Å². The van der Waals surface area contributed by atoms with Gasteiger partial charge in [-0.2, -0.15) is 0 Å². The minimum Gasteiger partial charge on any atom is -0.493 e. The molecule has 1 fully saturated rings. The molecule has 1 heterocycles. The third kappa shape index (κ3) is 5.38. The number of piperazine rings is 1. The molecule has 1 aliphatic rings. The second-order valence-electron chi connectivity index (χ2n) is 5.42. The summed E-state index contributed by atoms with van der Waals surface area (Å²) in [6.45, 7) is 9.29. The Labute approximate surface area is 134 Å². The van der Waals surface area contributed by atoms with Crippen molar-refractivity contribution in [2.45, 2.75) is 32.9 Å². The quantitative estimate of drug-likeness (QED) is 0.875. The Balaban J connectivity index is 0.00000220. The van der Waals surface area contributed by atoms with Gasteiger partial charge in [-0.1, -0.05) is 13.0 Å². The fraction of sp³-hybridized carbons (Fsp3) is 0.625. The highest BCUT2D eigenvalue weighted by atomic mass is 35.5. The number of ether oxygens (including phenoxy) is 2. The van der Waals surface area contributed by atoms with Gasteiger partial charge in [-0.15, -0.1) is 12.4 Å². The van der Waals surface area contributed by atoms with E-state index in [9.17, 15) is 0 Å². The number of hydrogen-bond acceptors (Lipinski definition) is 4. The molecule has 1 aromatic rings. The zero-order valence-corrected chi connectivity index (χ0v) is 14.0. The molecular formula is C16H27ClN2O2. The maximum atomic E-state index is 5.69. The summed E-state index contributed by atoms with van der Waals surface area (Å²) >= 11 is 0. The van der Waals surface area contributed by atoms with Crippen LogP contribution in [0.1, 0.15) is 25.8 Å². The van der Waals surface area contributed by atoms with Crippen LogP contribution in [0, 0.1) is 0 Å². The molecule has 1 aromatic carbocycles. The van der Waals surface area contributed by atoms with E-state index < -0.39 is 0 Å². The number of rotatable bonds is 6. The van der Waals surface area contributed by atoms with Crippen LogP contribution in [0.15, 0.2) is 18.2 Å². The summed E-state index contributed by atoms with van der Waals surface area (Å²) in [6, 6.07) is 6.82. The zero-order chi connectivity index (χ0) is 14.4. The summed E-state index contributed by atoms with van der Waals surface area (Å²) in [7, 11) is 1.70. The van der Waals surface area contributed by atoms with Gasteiger partial charge in [0.15, 0.2) is 11.5 Å². The molecule has 0 aromatic heterocycles. The Bertz CT molecular complexity index is 429. The molecule has 5 heteroatoms. The first-order valence-corrected chi connectivity index (χ1v) is 7.48. The smallest absolute Gasteiger partial charge is 0.161 e. The van der Waals surface area contributed by atoms with E-state index >= 15 is 0 Å². The lowest BCUT2D eigenvalue weighted by atomic mass is 10.1. The molecule has 0 bridgehead atoms. The van der Waals surface area contributed by atoms with Crippen LogP contribution in [0.4, 0.5) is 0 Å². The van der Waals surface area contributed by atoms with Crippen LogP contribution >= 0.6 is 12.4 Å². The predicted octanol–water partition coefficient (Wildman–Crippen LogP) is 2.70. The average Bonchev–Trinajstić information content (AvgIpc) is 2.46. The predicted molar refractivity (Wildman–Crippen MR) is 88.8 cm³/mol. The first-order chi connectivity index (χ1) is 9.72. The number of nitrogens with zero attached hydrogens (tertiary/aromatic N) is 1. The SMILES string of the molecule is CCCOc1ccc(CN2CCN[C@H](C)C2)cc1OC.Cl. The summed E-state index contributed by atoms with van der Waals surface area (Å²) in [6.07, 6.45) is 1.00. The second-order valence-corrected chi connectivity index (χ2v) is 5.42. The minimum atomic E-state index is 0. The van der Waals surface area contributed by atoms with Crippen LogP contribution in [-0.4, -0.2) is 44.3 Å². The van der Waals surface area contributed by atoms with Gasteiger partial charge in [-0.25, -0.2) is 0 Å². The number of halogens is 1. The fourth-order valence-electron chi connectivity index (χ4n) is 2.56.